The van der Waals surface area contributed by atoms with Gasteiger partial charge in [-0.05, 0) is 31.0 Å². The second-order valence-corrected chi connectivity index (χ2v) is 5.46. The van der Waals surface area contributed by atoms with Gasteiger partial charge in [0.15, 0.2) is 0 Å². The lowest BCUT2D eigenvalue weighted by molar-refractivity contribution is 0.450. The summed E-state index contributed by atoms with van der Waals surface area (Å²) < 4.78 is 0. The molecule has 0 spiro atoms. The minimum atomic E-state index is 0.642. The number of rotatable bonds is 2. The van der Waals surface area contributed by atoms with Crippen LogP contribution in [0.3, 0.4) is 0 Å². The second kappa shape index (κ2) is 6.00. The summed E-state index contributed by atoms with van der Waals surface area (Å²) in [6.07, 6.45) is 11.2. The zero-order valence-corrected chi connectivity index (χ0v) is 11.3. The van der Waals surface area contributed by atoms with Gasteiger partial charge in [0.2, 0.25) is 0 Å². The van der Waals surface area contributed by atoms with Crippen molar-refractivity contribution in [2.45, 2.75) is 50.9 Å². The van der Waals surface area contributed by atoms with E-state index in [0.717, 1.165) is 11.4 Å². The zero-order valence-electron chi connectivity index (χ0n) is 11.3. The average Bonchev–Trinajstić information content (AvgIpc) is 2.92. The molecule has 2 heterocycles. The number of aromatic nitrogens is 3. The molecular formula is C16H21N3. The van der Waals surface area contributed by atoms with Gasteiger partial charge >= 0.3 is 0 Å². The highest BCUT2D eigenvalue weighted by Gasteiger charge is 2.15. The Morgan fingerprint density at radius 1 is 0.947 bits per heavy atom. The van der Waals surface area contributed by atoms with Crippen molar-refractivity contribution in [3.8, 4) is 11.4 Å². The lowest BCUT2D eigenvalue weighted by Crippen LogP contribution is -2.05. The number of nitrogens with zero attached hydrogens (tertiary/aromatic N) is 2. The van der Waals surface area contributed by atoms with Crippen LogP contribution in [-0.2, 0) is 0 Å². The van der Waals surface area contributed by atoms with Crippen LogP contribution in [0, 0.1) is 0 Å². The molecule has 19 heavy (non-hydrogen) atoms. The third kappa shape index (κ3) is 3.03. The largest absolute Gasteiger partial charge is 0.276 e. The van der Waals surface area contributed by atoms with Gasteiger partial charge < -0.3 is 0 Å². The van der Waals surface area contributed by atoms with Crippen LogP contribution in [0.2, 0.25) is 0 Å². The number of hydrogen-bond acceptors (Lipinski definition) is 2. The van der Waals surface area contributed by atoms with Gasteiger partial charge in [-0.25, -0.2) is 0 Å². The quantitative estimate of drug-likeness (QED) is 0.869. The third-order valence-electron chi connectivity index (χ3n) is 4.07. The topological polar surface area (TPSA) is 41.6 Å². The third-order valence-corrected chi connectivity index (χ3v) is 4.07. The summed E-state index contributed by atoms with van der Waals surface area (Å²) in [4.78, 5) is 4.84. The molecule has 2 aromatic rings. The van der Waals surface area contributed by atoms with Gasteiger partial charge in [-0.2, -0.15) is 5.10 Å². The smallest absolute Gasteiger partial charge is 0.0883 e. The molecule has 100 valence electrons. The molecule has 3 heteroatoms. The first-order valence-electron chi connectivity index (χ1n) is 7.40. The van der Waals surface area contributed by atoms with Crippen molar-refractivity contribution in [1.82, 2.24) is 15.2 Å². The van der Waals surface area contributed by atoms with Crippen LogP contribution in [0.25, 0.3) is 11.4 Å². The lowest BCUT2D eigenvalue weighted by Gasteiger charge is -2.19. The minimum absolute atomic E-state index is 0.642. The first-order chi connectivity index (χ1) is 9.43. The van der Waals surface area contributed by atoms with Crippen LogP contribution in [0.4, 0.5) is 0 Å². The minimum Gasteiger partial charge on any atom is -0.276 e. The molecule has 0 unspecified atom stereocenters. The molecule has 0 atom stereocenters. The molecule has 1 N–H and O–H groups in total. The van der Waals surface area contributed by atoms with E-state index in [2.05, 4.69) is 28.4 Å². The summed E-state index contributed by atoms with van der Waals surface area (Å²) in [7, 11) is 0. The zero-order chi connectivity index (χ0) is 12.9. The van der Waals surface area contributed by atoms with Crippen molar-refractivity contribution in [2.24, 2.45) is 0 Å². The van der Waals surface area contributed by atoms with E-state index in [1.807, 2.05) is 6.07 Å². The maximum Gasteiger partial charge on any atom is 0.0883 e. The summed E-state index contributed by atoms with van der Waals surface area (Å²) >= 11 is 0. The van der Waals surface area contributed by atoms with Crippen LogP contribution in [0.15, 0.2) is 30.5 Å². The van der Waals surface area contributed by atoms with E-state index < -0.39 is 0 Å². The normalized spacial score (nSPS) is 17.9. The molecule has 0 bridgehead atoms. The molecular weight excluding hydrogens is 234 g/mol. The Labute approximate surface area is 114 Å². The van der Waals surface area contributed by atoms with Crippen molar-refractivity contribution in [1.29, 1.82) is 0 Å². The monoisotopic (exact) mass is 255 g/mol. The van der Waals surface area contributed by atoms with E-state index in [-0.39, 0.29) is 0 Å². The fourth-order valence-electron chi connectivity index (χ4n) is 2.98. The van der Waals surface area contributed by atoms with E-state index in [1.165, 1.54) is 50.6 Å². The lowest BCUT2D eigenvalue weighted by atomic mass is 9.88. The molecule has 0 amide bonds. The molecule has 3 rings (SSSR count). The van der Waals surface area contributed by atoms with E-state index in [1.54, 1.807) is 6.20 Å². The highest BCUT2D eigenvalue weighted by atomic mass is 15.1. The average molecular weight is 255 g/mol. The number of aromatic amines is 1. The molecule has 1 aliphatic rings. The molecule has 1 aliphatic carbocycles. The maximum absolute atomic E-state index is 4.84. The van der Waals surface area contributed by atoms with Crippen LogP contribution in [0.5, 0.6) is 0 Å². The molecule has 3 nitrogen and oxygen atoms in total. The SMILES string of the molecule is c1cc(-c2ccn[nH]2)nc(C2CCCCCCC2)c1. The van der Waals surface area contributed by atoms with Gasteiger partial charge in [-0.3, -0.25) is 10.1 Å². The fraction of sp³-hybridized carbons (Fsp3) is 0.500. The summed E-state index contributed by atoms with van der Waals surface area (Å²) in [6, 6.07) is 8.34. The molecule has 1 saturated carbocycles. The number of nitrogens with one attached hydrogen (secondary N) is 1. The molecule has 0 radical (unpaired) electrons. The summed E-state index contributed by atoms with van der Waals surface area (Å²) in [5.74, 6) is 0.642. The van der Waals surface area contributed by atoms with Crippen molar-refractivity contribution in [3.05, 3.63) is 36.2 Å². The van der Waals surface area contributed by atoms with Gasteiger partial charge in [-0.15, -0.1) is 0 Å². The van der Waals surface area contributed by atoms with Crippen LogP contribution < -0.4 is 0 Å². The highest BCUT2D eigenvalue weighted by molar-refractivity contribution is 5.53. The molecule has 1 fully saturated rings. The number of H-pyrrole nitrogens is 1. The van der Waals surface area contributed by atoms with Crippen molar-refractivity contribution in [3.63, 3.8) is 0 Å². The first-order valence-corrected chi connectivity index (χ1v) is 7.40. The number of hydrogen-bond donors (Lipinski definition) is 1. The molecule has 0 aromatic carbocycles. The summed E-state index contributed by atoms with van der Waals surface area (Å²) in [5.41, 5.74) is 3.28. The van der Waals surface area contributed by atoms with E-state index >= 15 is 0 Å². The van der Waals surface area contributed by atoms with Gasteiger partial charge in [0, 0.05) is 17.8 Å². The van der Waals surface area contributed by atoms with Gasteiger partial charge in [0.25, 0.3) is 0 Å². The van der Waals surface area contributed by atoms with Crippen LogP contribution in [-0.4, -0.2) is 15.2 Å². The Bertz CT molecular complexity index is 496. The molecule has 0 aliphatic heterocycles. The van der Waals surface area contributed by atoms with Crippen molar-refractivity contribution >= 4 is 0 Å². The van der Waals surface area contributed by atoms with E-state index in [0.29, 0.717) is 5.92 Å². The van der Waals surface area contributed by atoms with Crippen LogP contribution in [0.1, 0.15) is 56.6 Å². The second-order valence-electron chi connectivity index (χ2n) is 5.46. The van der Waals surface area contributed by atoms with Gasteiger partial charge in [-0.1, -0.05) is 38.2 Å². The van der Waals surface area contributed by atoms with Crippen molar-refractivity contribution in [2.75, 3.05) is 0 Å². The van der Waals surface area contributed by atoms with E-state index in [9.17, 15) is 0 Å². The van der Waals surface area contributed by atoms with Crippen molar-refractivity contribution < 1.29 is 0 Å². The standard InChI is InChI=1S/C16H21N3/c1-2-4-7-13(8-5-3-1)14-9-6-10-15(18-14)16-11-12-17-19-16/h6,9-13H,1-5,7-8H2,(H,17,19). The van der Waals surface area contributed by atoms with Gasteiger partial charge in [0.1, 0.15) is 0 Å². The predicted molar refractivity (Wildman–Crippen MR) is 76.9 cm³/mol. The Balaban J connectivity index is 1.81. The Morgan fingerprint density at radius 3 is 2.47 bits per heavy atom. The summed E-state index contributed by atoms with van der Waals surface area (Å²) in [6.45, 7) is 0. The Hall–Kier alpha value is -1.64. The maximum atomic E-state index is 4.84. The predicted octanol–water partition coefficient (Wildman–Crippen LogP) is 4.30. The Morgan fingerprint density at radius 2 is 1.74 bits per heavy atom. The number of pyridine rings is 1. The summed E-state index contributed by atoms with van der Waals surface area (Å²) in [5, 5.41) is 7.00. The molecule has 0 saturated heterocycles. The Kier molecular flexibility index (Phi) is 3.92. The first kappa shape index (κ1) is 12.4. The van der Waals surface area contributed by atoms with Gasteiger partial charge in [0.05, 0.1) is 11.4 Å². The molecule has 2 aromatic heterocycles. The van der Waals surface area contributed by atoms with E-state index in [4.69, 9.17) is 4.98 Å². The fourth-order valence-corrected chi connectivity index (χ4v) is 2.98. The van der Waals surface area contributed by atoms with Crippen LogP contribution >= 0.6 is 0 Å². The highest BCUT2D eigenvalue weighted by Crippen LogP contribution is 2.30.